The molecule has 3 fully saturated rings. The van der Waals surface area contributed by atoms with E-state index in [1.165, 1.54) is 44.9 Å². The summed E-state index contributed by atoms with van der Waals surface area (Å²) in [5, 5.41) is 0. The molecule has 1 spiro atoms. The third-order valence-corrected chi connectivity index (χ3v) is 5.57. The molecule has 0 aromatic carbocycles. The minimum Gasteiger partial charge on any atom is -0.462 e. The van der Waals surface area contributed by atoms with Crippen LogP contribution in [0.1, 0.15) is 64.7 Å². The molecule has 0 amide bonds. The lowest BCUT2D eigenvalue weighted by Crippen LogP contribution is -2.53. The minimum atomic E-state index is 0.139. The molecule has 3 rings (SSSR count). The highest BCUT2D eigenvalue weighted by molar-refractivity contribution is 5.75. The van der Waals surface area contributed by atoms with Crippen LogP contribution in [-0.2, 0) is 9.53 Å². The van der Waals surface area contributed by atoms with Gasteiger partial charge in [0.15, 0.2) is 0 Å². The van der Waals surface area contributed by atoms with Crippen molar-refractivity contribution >= 4 is 5.97 Å². The van der Waals surface area contributed by atoms with E-state index in [4.69, 9.17) is 4.74 Å². The second-order valence-corrected chi connectivity index (χ2v) is 6.29. The summed E-state index contributed by atoms with van der Waals surface area (Å²) in [7, 11) is 0. The maximum atomic E-state index is 12.1. The maximum absolute atomic E-state index is 12.1. The first-order chi connectivity index (χ1) is 8.28. The Balaban J connectivity index is 1.88. The zero-order valence-corrected chi connectivity index (χ0v) is 10.9. The van der Waals surface area contributed by atoms with E-state index in [1.54, 1.807) is 0 Å². The van der Waals surface area contributed by atoms with Crippen molar-refractivity contribution in [3.63, 3.8) is 0 Å². The van der Waals surface area contributed by atoms with Crippen LogP contribution in [0.5, 0.6) is 0 Å². The van der Waals surface area contributed by atoms with Crippen molar-refractivity contribution in [3.05, 3.63) is 0 Å². The Morgan fingerprint density at radius 3 is 2.82 bits per heavy atom. The van der Waals surface area contributed by atoms with Crippen LogP contribution in [0.15, 0.2) is 0 Å². The zero-order valence-electron chi connectivity index (χ0n) is 10.9. The smallest absolute Gasteiger partial charge is 0.309 e. The van der Waals surface area contributed by atoms with E-state index in [0.29, 0.717) is 11.3 Å². The largest absolute Gasteiger partial charge is 0.462 e. The Morgan fingerprint density at radius 1 is 1.29 bits per heavy atom. The molecule has 96 valence electrons. The standard InChI is InChI=1S/C15H24O2/c1-2-3-6-11-13-8-5-10-15(11)9-4-7-12(15)14(16)17-13/h11-13H,2-10H2,1H3/t11-,12+,13+,15-/m1/s1. The average Bonchev–Trinajstić information content (AvgIpc) is 2.72. The van der Waals surface area contributed by atoms with Crippen molar-refractivity contribution in [2.75, 3.05) is 0 Å². The van der Waals surface area contributed by atoms with Crippen molar-refractivity contribution in [2.24, 2.45) is 17.3 Å². The topological polar surface area (TPSA) is 26.3 Å². The first-order valence-electron chi connectivity index (χ1n) is 7.48. The molecule has 0 radical (unpaired) electrons. The van der Waals surface area contributed by atoms with Crippen molar-refractivity contribution in [1.29, 1.82) is 0 Å². The number of esters is 1. The number of ether oxygens (including phenoxy) is 1. The monoisotopic (exact) mass is 236 g/mol. The molecule has 0 aromatic heterocycles. The van der Waals surface area contributed by atoms with Gasteiger partial charge in [-0.2, -0.15) is 0 Å². The quantitative estimate of drug-likeness (QED) is 0.699. The molecule has 2 bridgehead atoms. The third-order valence-electron chi connectivity index (χ3n) is 5.57. The van der Waals surface area contributed by atoms with Gasteiger partial charge in [0.25, 0.3) is 0 Å². The van der Waals surface area contributed by atoms with Crippen molar-refractivity contribution in [3.8, 4) is 0 Å². The molecule has 2 aliphatic carbocycles. The molecule has 1 heterocycles. The fourth-order valence-corrected chi connectivity index (χ4v) is 4.85. The summed E-state index contributed by atoms with van der Waals surface area (Å²) in [5.74, 6) is 1.07. The van der Waals surface area contributed by atoms with Crippen molar-refractivity contribution < 1.29 is 9.53 Å². The lowest BCUT2D eigenvalue weighted by Gasteiger charge is -2.52. The van der Waals surface area contributed by atoms with Gasteiger partial charge in [-0.3, -0.25) is 4.79 Å². The zero-order chi connectivity index (χ0) is 11.9. The number of unbranched alkanes of at least 4 members (excludes halogenated alkanes) is 1. The summed E-state index contributed by atoms with van der Waals surface area (Å²) < 4.78 is 5.74. The van der Waals surface area contributed by atoms with Crippen LogP contribution in [0.25, 0.3) is 0 Å². The highest BCUT2D eigenvalue weighted by atomic mass is 16.5. The molecule has 3 aliphatic rings. The van der Waals surface area contributed by atoms with Gasteiger partial charge in [0, 0.05) is 5.92 Å². The Bertz CT molecular complexity index is 312. The van der Waals surface area contributed by atoms with Crippen LogP contribution in [-0.4, -0.2) is 12.1 Å². The summed E-state index contributed by atoms with van der Waals surface area (Å²) >= 11 is 0. The molecule has 17 heavy (non-hydrogen) atoms. The SMILES string of the molecule is CCCC[C@@H]1[C@@H]2CCC[C@]13CCC[C@H]3C(=O)O2. The number of hydrogen-bond acceptors (Lipinski definition) is 2. The second kappa shape index (κ2) is 4.29. The fraction of sp³-hybridized carbons (Fsp3) is 0.933. The number of fused-ring (bicyclic) bond motifs is 1. The van der Waals surface area contributed by atoms with Crippen molar-refractivity contribution in [1.82, 2.24) is 0 Å². The third kappa shape index (κ3) is 1.63. The molecule has 1 aliphatic heterocycles. The highest BCUT2D eigenvalue weighted by Crippen LogP contribution is 2.60. The lowest BCUT2D eigenvalue weighted by atomic mass is 9.57. The van der Waals surface area contributed by atoms with Gasteiger partial charge < -0.3 is 4.74 Å². The Kier molecular flexibility index (Phi) is 2.92. The van der Waals surface area contributed by atoms with Crippen LogP contribution in [0, 0.1) is 17.3 Å². The summed E-state index contributed by atoms with van der Waals surface area (Å²) in [6, 6.07) is 0. The summed E-state index contributed by atoms with van der Waals surface area (Å²) in [5.41, 5.74) is 0.355. The molecular formula is C15H24O2. The molecule has 0 unspecified atom stereocenters. The molecule has 0 aromatic rings. The first-order valence-corrected chi connectivity index (χ1v) is 7.48. The van der Waals surface area contributed by atoms with E-state index in [9.17, 15) is 4.79 Å². The Hall–Kier alpha value is -0.530. The number of carbonyl (C=O) groups excluding carboxylic acids is 1. The van der Waals surface area contributed by atoms with Gasteiger partial charge in [0.05, 0.1) is 5.92 Å². The van der Waals surface area contributed by atoms with Gasteiger partial charge in [0.1, 0.15) is 6.10 Å². The van der Waals surface area contributed by atoms with Gasteiger partial charge in [-0.1, -0.05) is 26.2 Å². The van der Waals surface area contributed by atoms with Crippen LogP contribution in [0.3, 0.4) is 0 Å². The Morgan fingerprint density at radius 2 is 2.06 bits per heavy atom. The van der Waals surface area contributed by atoms with Gasteiger partial charge in [-0.05, 0) is 43.9 Å². The van der Waals surface area contributed by atoms with E-state index in [1.807, 2.05) is 0 Å². The summed E-state index contributed by atoms with van der Waals surface area (Å²) in [6.07, 6.45) is 11.4. The van der Waals surface area contributed by atoms with E-state index in [0.717, 1.165) is 12.8 Å². The number of hydrogen-bond donors (Lipinski definition) is 0. The second-order valence-electron chi connectivity index (χ2n) is 6.29. The molecule has 0 N–H and O–H groups in total. The fourth-order valence-electron chi connectivity index (χ4n) is 4.85. The van der Waals surface area contributed by atoms with E-state index in [2.05, 4.69) is 6.92 Å². The number of carbonyl (C=O) groups is 1. The van der Waals surface area contributed by atoms with E-state index < -0.39 is 0 Å². The minimum absolute atomic E-state index is 0.139. The molecule has 1 saturated heterocycles. The van der Waals surface area contributed by atoms with Crippen molar-refractivity contribution in [2.45, 2.75) is 70.8 Å². The van der Waals surface area contributed by atoms with Crippen LogP contribution >= 0.6 is 0 Å². The average molecular weight is 236 g/mol. The molecule has 2 saturated carbocycles. The molecular weight excluding hydrogens is 212 g/mol. The van der Waals surface area contributed by atoms with Gasteiger partial charge in [-0.15, -0.1) is 0 Å². The normalized spacial score (nSPS) is 44.3. The number of rotatable bonds is 3. The van der Waals surface area contributed by atoms with Gasteiger partial charge in [0.2, 0.25) is 0 Å². The van der Waals surface area contributed by atoms with Gasteiger partial charge in [-0.25, -0.2) is 0 Å². The maximum Gasteiger partial charge on any atom is 0.309 e. The lowest BCUT2D eigenvalue weighted by molar-refractivity contribution is -0.191. The summed E-state index contributed by atoms with van der Waals surface area (Å²) in [4.78, 5) is 12.1. The van der Waals surface area contributed by atoms with Crippen LogP contribution < -0.4 is 0 Å². The van der Waals surface area contributed by atoms with Crippen LogP contribution in [0.4, 0.5) is 0 Å². The van der Waals surface area contributed by atoms with Gasteiger partial charge >= 0.3 is 5.97 Å². The predicted octanol–water partition coefficient (Wildman–Crippen LogP) is 3.69. The molecule has 2 heteroatoms. The van der Waals surface area contributed by atoms with E-state index >= 15 is 0 Å². The molecule has 2 nitrogen and oxygen atoms in total. The first kappa shape index (κ1) is 11.6. The van der Waals surface area contributed by atoms with Crippen LogP contribution in [0.2, 0.25) is 0 Å². The summed E-state index contributed by atoms with van der Waals surface area (Å²) in [6.45, 7) is 2.26. The predicted molar refractivity (Wildman–Crippen MR) is 66.5 cm³/mol. The highest BCUT2D eigenvalue weighted by Gasteiger charge is 2.59. The Labute approximate surface area is 104 Å². The molecule has 4 atom stereocenters. The van der Waals surface area contributed by atoms with E-state index in [-0.39, 0.29) is 18.0 Å².